The summed E-state index contributed by atoms with van der Waals surface area (Å²) in [5.41, 5.74) is 0. The van der Waals surface area contributed by atoms with E-state index in [1.165, 1.54) is 0 Å². The molecule has 0 aromatic heterocycles. The molecule has 0 rings (SSSR count). The Labute approximate surface area is 88.0 Å². The van der Waals surface area contributed by atoms with E-state index in [0.717, 1.165) is 6.08 Å². The molecule has 6 heteroatoms. The Balaban J connectivity index is -0.000000320. The maximum absolute atomic E-state index is 9.61. The zero-order chi connectivity index (χ0) is 7.28. The van der Waals surface area contributed by atoms with E-state index in [2.05, 4.69) is 0 Å². The molecule has 4 nitrogen and oxygen atoms in total. The van der Waals surface area contributed by atoms with Gasteiger partial charge in [0.1, 0.15) is 0 Å². The van der Waals surface area contributed by atoms with Crippen LogP contribution in [0.15, 0.2) is 12.2 Å². The molecule has 0 aromatic carbocycles. The molecule has 0 aliphatic carbocycles. The van der Waals surface area contributed by atoms with Crippen LogP contribution in [-0.2, 0) is 9.59 Å². The van der Waals surface area contributed by atoms with Gasteiger partial charge in [0.25, 0.3) is 0 Å². The van der Waals surface area contributed by atoms with Gasteiger partial charge in [0.2, 0.25) is 0 Å². The van der Waals surface area contributed by atoms with E-state index in [4.69, 9.17) is 0 Å². The number of hydrogen-bond acceptors (Lipinski definition) is 4. The molecule has 0 atom stereocenters. The van der Waals surface area contributed by atoms with Crippen molar-refractivity contribution < 1.29 is 57.5 Å². The van der Waals surface area contributed by atoms with Crippen molar-refractivity contribution in [2.24, 2.45) is 0 Å². The second-order valence-corrected chi connectivity index (χ2v) is 1.30. The van der Waals surface area contributed by atoms with Crippen molar-refractivity contribution in [3.05, 3.63) is 12.2 Å². The number of rotatable bonds is 3. The van der Waals surface area contributed by atoms with Gasteiger partial charge in [-0.3, -0.25) is 0 Å². The van der Waals surface area contributed by atoms with E-state index >= 15 is 0 Å². The van der Waals surface area contributed by atoms with Gasteiger partial charge in [-0.2, -0.15) is 0 Å². The average molecular weight is 142 g/mol. The van der Waals surface area contributed by atoms with Crippen LogP contribution in [0.5, 0.6) is 0 Å². The number of aliphatic carboxylic acids is 2. The average Bonchev–Trinajstić information content (AvgIpc) is 1.63. The Kier molecular flexibility index (Phi) is 15.4. The molecule has 0 radical (unpaired) electrons. The van der Waals surface area contributed by atoms with Crippen molar-refractivity contribution in [2.45, 2.75) is 6.42 Å². The first-order chi connectivity index (χ1) is 4.13. The van der Waals surface area contributed by atoms with E-state index in [-0.39, 0.29) is 37.7 Å². The summed E-state index contributed by atoms with van der Waals surface area (Å²) in [5, 5.41) is 19.2. The molecule has 0 aromatic rings. The number of carbonyl (C=O) groups excluding carboxylic acids is 2. The predicted octanol–water partition coefficient (Wildman–Crippen LogP) is -8.56. The van der Waals surface area contributed by atoms with Crippen LogP contribution in [0.1, 0.15) is 6.42 Å². The smallest absolute Gasteiger partial charge is 0.550 e. The van der Waals surface area contributed by atoms with Gasteiger partial charge in [-0.05, 0) is 6.08 Å². The first kappa shape index (κ1) is 17.1. The molecule has 0 aliphatic rings. The van der Waals surface area contributed by atoms with Crippen LogP contribution in [0.25, 0.3) is 0 Å². The van der Waals surface area contributed by atoms with Crippen molar-refractivity contribution in [1.82, 2.24) is 0 Å². The van der Waals surface area contributed by atoms with Crippen molar-refractivity contribution in [3.8, 4) is 0 Å². The molecule has 0 fully saturated rings. The molecule has 0 unspecified atom stereocenters. The Morgan fingerprint density at radius 3 is 1.91 bits per heavy atom. The first-order valence-corrected chi connectivity index (χ1v) is 2.20. The fourth-order valence-corrected chi connectivity index (χ4v) is 0.251. The Morgan fingerprint density at radius 2 is 1.64 bits per heavy atom. The first-order valence-electron chi connectivity index (χ1n) is 2.20. The molecular formula is C5H4Li2O4. The van der Waals surface area contributed by atoms with E-state index in [1.807, 2.05) is 0 Å². The number of carboxylic acids is 2. The van der Waals surface area contributed by atoms with Gasteiger partial charge >= 0.3 is 37.7 Å². The summed E-state index contributed by atoms with van der Waals surface area (Å²) < 4.78 is 0. The standard InChI is InChI=1S/C5H6O4.2Li/c6-4(7)2-1-3-5(8)9;;/h1-2H,3H2,(H,6,7)(H,8,9);;/q;2*+1/p-2. The van der Waals surface area contributed by atoms with Gasteiger partial charge in [-0.25, -0.2) is 0 Å². The number of hydrogen-bond donors (Lipinski definition) is 0. The zero-order valence-electron chi connectivity index (χ0n) is 6.49. The third-order valence-corrected chi connectivity index (χ3v) is 0.538. The Bertz CT molecular complexity index is 155. The molecule has 0 N–H and O–H groups in total. The summed E-state index contributed by atoms with van der Waals surface area (Å²) in [6, 6.07) is 0. The molecule has 0 saturated carbocycles. The van der Waals surface area contributed by atoms with E-state index < -0.39 is 18.4 Å². The van der Waals surface area contributed by atoms with Crippen LogP contribution in [0.3, 0.4) is 0 Å². The minimum absolute atomic E-state index is 0. The van der Waals surface area contributed by atoms with Gasteiger partial charge in [-0.1, -0.05) is 6.08 Å². The molecule has 0 heterocycles. The van der Waals surface area contributed by atoms with Gasteiger partial charge in [0.15, 0.2) is 0 Å². The van der Waals surface area contributed by atoms with Crippen LogP contribution in [0.2, 0.25) is 0 Å². The maximum Gasteiger partial charge on any atom is 1.00 e. The fourth-order valence-electron chi connectivity index (χ4n) is 0.251. The van der Waals surface area contributed by atoms with Crippen LogP contribution in [0.4, 0.5) is 0 Å². The summed E-state index contributed by atoms with van der Waals surface area (Å²) in [7, 11) is 0. The maximum atomic E-state index is 9.61. The molecule has 11 heavy (non-hydrogen) atoms. The van der Waals surface area contributed by atoms with E-state index in [0.29, 0.717) is 6.08 Å². The summed E-state index contributed by atoms with van der Waals surface area (Å²) in [4.78, 5) is 19.2. The van der Waals surface area contributed by atoms with Crippen molar-refractivity contribution in [1.29, 1.82) is 0 Å². The Morgan fingerprint density at radius 1 is 1.18 bits per heavy atom. The van der Waals surface area contributed by atoms with Crippen LogP contribution in [0, 0.1) is 0 Å². The zero-order valence-corrected chi connectivity index (χ0v) is 6.49. The number of carboxylic acid groups (broad SMARTS) is 2. The van der Waals surface area contributed by atoms with Crippen molar-refractivity contribution in [3.63, 3.8) is 0 Å². The van der Waals surface area contributed by atoms with Gasteiger partial charge in [0, 0.05) is 12.4 Å². The van der Waals surface area contributed by atoms with Crippen LogP contribution < -0.4 is 47.9 Å². The second-order valence-electron chi connectivity index (χ2n) is 1.30. The third kappa shape index (κ3) is 17.7. The number of carbonyl (C=O) groups is 2. The molecule has 0 saturated heterocycles. The molecule has 0 aliphatic heterocycles. The van der Waals surface area contributed by atoms with E-state index in [1.54, 1.807) is 0 Å². The van der Waals surface area contributed by atoms with E-state index in [9.17, 15) is 19.8 Å². The summed E-state index contributed by atoms with van der Waals surface area (Å²) >= 11 is 0. The summed E-state index contributed by atoms with van der Waals surface area (Å²) in [5.74, 6) is -2.72. The van der Waals surface area contributed by atoms with Gasteiger partial charge in [0.05, 0.1) is 5.97 Å². The topological polar surface area (TPSA) is 80.3 Å². The minimum atomic E-state index is -1.41. The monoisotopic (exact) mass is 142 g/mol. The normalized spacial score (nSPS) is 8.00. The minimum Gasteiger partial charge on any atom is -0.550 e. The summed E-state index contributed by atoms with van der Waals surface area (Å²) in [6.45, 7) is 0. The van der Waals surface area contributed by atoms with Crippen molar-refractivity contribution in [2.75, 3.05) is 0 Å². The molecule has 50 valence electrons. The molecule has 0 spiro atoms. The van der Waals surface area contributed by atoms with Crippen LogP contribution >= 0.6 is 0 Å². The molecule has 0 amide bonds. The fraction of sp³-hybridized carbons (Fsp3) is 0.200. The second kappa shape index (κ2) is 9.87. The quantitative estimate of drug-likeness (QED) is 0.289. The molecular weight excluding hydrogens is 138 g/mol. The predicted molar refractivity (Wildman–Crippen MR) is 23.8 cm³/mol. The van der Waals surface area contributed by atoms with Gasteiger partial charge < -0.3 is 19.8 Å². The van der Waals surface area contributed by atoms with Crippen LogP contribution in [-0.4, -0.2) is 11.9 Å². The molecule has 0 bridgehead atoms. The SMILES string of the molecule is O=C([O-])C=CCC(=O)[O-].[Li+].[Li+]. The third-order valence-electron chi connectivity index (χ3n) is 0.538. The van der Waals surface area contributed by atoms with Crippen molar-refractivity contribution >= 4 is 11.9 Å². The van der Waals surface area contributed by atoms with Gasteiger partial charge in [-0.15, -0.1) is 0 Å². The summed E-state index contributed by atoms with van der Waals surface area (Å²) in [6.07, 6.45) is 1.20. The largest absolute Gasteiger partial charge is 1.00 e. The Hall–Kier alpha value is -0.125.